The third kappa shape index (κ3) is 7.15. The number of carbonyl (C=O) groups is 2. The first-order valence-electron chi connectivity index (χ1n) is 15.4. The van der Waals surface area contributed by atoms with Gasteiger partial charge in [0, 0.05) is 35.3 Å². The van der Waals surface area contributed by atoms with Gasteiger partial charge in [0.2, 0.25) is 0 Å². The Bertz CT molecular complexity index is 1000. The summed E-state index contributed by atoms with van der Waals surface area (Å²) >= 11 is 0. The normalized spacial score (nSPS) is 24.4. The second-order valence-corrected chi connectivity index (χ2v) is 13.1. The number of ether oxygens (including phenoxy) is 1. The minimum absolute atomic E-state index is 0.0152. The van der Waals surface area contributed by atoms with E-state index in [0.29, 0.717) is 29.4 Å². The molecule has 1 aromatic rings. The SMILES string of the molecule is CNC(C)C(O)C(C)NC(=O)c1cc2c(c(C(=O)N3CCCC3C3CCCCCCC3)c1)CCC(C)(C)CO2. The zero-order valence-corrected chi connectivity index (χ0v) is 24.9. The molecule has 7 nitrogen and oxygen atoms in total. The van der Waals surface area contributed by atoms with Crippen LogP contribution in [0.25, 0.3) is 0 Å². The summed E-state index contributed by atoms with van der Waals surface area (Å²) < 4.78 is 6.28. The van der Waals surface area contributed by atoms with Crippen LogP contribution in [0.1, 0.15) is 118 Å². The smallest absolute Gasteiger partial charge is 0.254 e. The van der Waals surface area contributed by atoms with E-state index in [9.17, 15) is 14.7 Å². The van der Waals surface area contributed by atoms with Crippen LogP contribution in [-0.4, -0.2) is 66.2 Å². The summed E-state index contributed by atoms with van der Waals surface area (Å²) in [4.78, 5) is 29.9. The molecular weight excluding hydrogens is 490 g/mol. The van der Waals surface area contributed by atoms with Crippen molar-refractivity contribution in [3.05, 3.63) is 28.8 Å². The van der Waals surface area contributed by atoms with Gasteiger partial charge in [-0.2, -0.15) is 0 Å². The Balaban J connectivity index is 1.64. The van der Waals surface area contributed by atoms with Crippen molar-refractivity contribution in [3.63, 3.8) is 0 Å². The first kappa shape index (κ1) is 29.9. The first-order chi connectivity index (χ1) is 18.6. The Morgan fingerprint density at radius 2 is 1.72 bits per heavy atom. The first-order valence-corrected chi connectivity index (χ1v) is 15.4. The fraction of sp³-hybridized carbons (Fsp3) is 0.750. The van der Waals surface area contributed by atoms with Crippen LogP contribution < -0.4 is 15.4 Å². The van der Waals surface area contributed by atoms with E-state index in [4.69, 9.17) is 4.74 Å². The highest BCUT2D eigenvalue weighted by atomic mass is 16.5. The third-order valence-corrected chi connectivity index (χ3v) is 9.46. The monoisotopic (exact) mass is 541 g/mol. The van der Waals surface area contributed by atoms with Gasteiger partial charge in [0.25, 0.3) is 11.8 Å². The lowest BCUT2D eigenvalue weighted by Gasteiger charge is -2.33. The van der Waals surface area contributed by atoms with Crippen molar-refractivity contribution in [2.45, 2.75) is 123 Å². The second-order valence-electron chi connectivity index (χ2n) is 13.1. The molecular formula is C32H51N3O4. The average Bonchev–Trinajstić information content (AvgIpc) is 3.32. The standard InChI is InChI=1S/C32H51N3O4/c1-21(33-5)29(36)22(2)34-30(37)24-18-26(25-15-16-32(3,4)20-39-28(25)19-24)31(38)35-17-11-14-27(35)23-12-9-7-6-8-10-13-23/h18-19,21-23,27,29,33,36H,6-17,20H2,1-5H3,(H,34,37). The Kier molecular flexibility index (Phi) is 9.97. The van der Waals surface area contributed by atoms with Crippen molar-refractivity contribution >= 4 is 11.8 Å². The van der Waals surface area contributed by atoms with Crippen molar-refractivity contribution < 1.29 is 19.4 Å². The molecule has 3 aliphatic rings. The number of fused-ring (bicyclic) bond motifs is 1. The maximum absolute atomic E-state index is 14.3. The number of rotatable bonds is 7. The van der Waals surface area contributed by atoms with Gasteiger partial charge in [-0.05, 0) is 82.9 Å². The Labute approximate surface area is 235 Å². The number of nitrogens with zero attached hydrogens (tertiary/aromatic N) is 1. The van der Waals surface area contributed by atoms with Gasteiger partial charge in [-0.3, -0.25) is 9.59 Å². The molecule has 7 heteroatoms. The van der Waals surface area contributed by atoms with Crippen molar-refractivity contribution in [3.8, 4) is 5.75 Å². The predicted octanol–water partition coefficient (Wildman–Crippen LogP) is 5.09. The summed E-state index contributed by atoms with van der Waals surface area (Å²) in [5.74, 6) is 0.959. The molecule has 1 saturated heterocycles. The van der Waals surface area contributed by atoms with Crippen LogP contribution in [0, 0.1) is 11.3 Å². The van der Waals surface area contributed by atoms with E-state index in [1.165, 1.54) is 44.9 Å². The van der Waals surface area contributed by atoms with E-state index in [1.54, 1.807) is 26.1 Å². The van der Waals surface area contributed by atoms with E-state index in [1.807, 2.05) is 6.92 Å². The number of aliphatic hydroxyl groups is 1. The molecule has 0 bridgehead atoms. The number of benzene rings is 1. The molecule has 4 unspecified atom stereocenters. The van der Waals surface area contributed by atoms with Gasteiger partial charge >= 0.3 is 0 Å². The minimum Gasteiger partial charge on any atom is -0.493 e. The average molecular weight is 542 g/mol. The Morgan fingerprint density at radius 3 is 2.41 bits per heavy atom. The van der Waals surface area contributed by atoms with Gasteiger partial charge in [-0.15, -0.1) is 0 Å². The lowest BCUT2D eigenvalue weighted by Crippen LogP contribution is -2.49. The summed E-state index contributed by atoms with van der Waals surface area (Å²) in [5, 5.41) is 16.6. The van der Waals surface area contributed by atoms with Crippen LogP contribution in [0.3, 0.4) is 0 Å². The van der Waals surface area contributed by atoms with Crippen LogP contribution in [0.5, 0.6) is 5.75 Å². The zero-order chi connectivity index (χ0) is 28.2. The van der Waals surface area contributed by atoms with Gasteiger partial charge in [-0.1, -0.05) is 46.0 Å². The van der Waals surface area contributed by atoms with Gasteiger partial charge in [-0.25, -0.2) is 0 Å². The van der Waals surface area contributed by atoms with Crippen LogP contribution in [-0.2, 0) is 6.42 Å². The number of nitrogens with one attached hydrogen (secondary N) is 2. The lowest BCUT2D eigenvalue weighted by molar-refractivity contribution is 0.0667. The molecule has 1 saturated carbocycles. The van der Waals surface area contributed by atoms with Crippen LogP contribution in [0.2, 0.25) is 0 Å². The molecule has 2 heterocycles. The van der Waals surface area contributed by atoms with E-state index in [2.05, 4.69) is 29.4 Å². The van der Waals surface area contributed by atoms with Gasteiger partial charge in [0.15, 0.2) is 0 Å². The highest BCUT2D eigenvalue weighted by Crippen LogP contribution is 2.38. The number of hydrogen-bond acceptors (Lipinski definition) is 5. The second kappa shape index (κ2) is 13.0. The number of likely N-dealkylation sites (tertiary alicyclic amines) is 1. The van der Waals surface area contributed by atoms with E-state index in [-0.39, 0.29) is 29.3 Å². The summed E-state index contributed by atoms with van der Waals surface area (Å²) in [6.07, 6.45) is 11.9. The summed E-state index contributed by atoms with van der Waals surface area (Å²) in [6.45, 7) is 9.38. The number of likely N-dealkylation sites (N-methyl/N-ethyl adjacent to an activating group) is 1. The van der Waals surface area contributed by atoms with Crippen molar-refractivity contribution in [2.24, 2.45) is 11.3 Å². The fourth-order valence-electron chi connectivity index (χ4n) is 6.70. The molecule has 0 radical (unpaired) electrons. The molecule has 2 fully saturated rings. The van der Waals surface area contributed by atoms with Crippen molar-refractivity contribution in [2.75, 3.05) is 20.2 Å². The predicted molar refractivity (Wildman–Crippen MR) is 155 cm³/mol. The summed E-state index contributed by atoms with van der Waals surface area (Å²) in [7, 11) is 1.79. The van der Waals surface area contributed by atoms with Gasteiger partial charge in [0.1, 0.15) is 5.75 Å². The number of carbonyl (C=O) groups excluding carboxylic acids is 2. The largest absolute Gasteiger partial charge is 0.493 e. The number of aliphatic hydroxyl groups excluding tert-OH is 1. The van der Waals surface area contributed by atoms with Crippen LogP contribution in [0.15, 0.2) is 12.1 Å². The van der Waals surface area contributed by atoms with Crippen molar-refractivity contribution in [1.29, 1.82) is 0 Å². The maximum atomic E-state index is 14.3. The molecule has 0 aromatic heterocycles. The molecule has 1 aromatic carbocycles. The van der Waals surface area contributed by atoms with Gasteiger partial charge < -0.3 is 25.4 Å². The topological polar surface area (TPSA) is 90.9 Å². The summed E-state index contributed by atoms with van der Waals surface area (Å²) in [5.41, 5.74) is 1.94. The number of amides is 2. The molecule has 2 amide bonds. The molecule has 0 spiro atoms. The molecule has 3 N–H and O–H groups in total. The van der Waals surface area contributed by atoms with Crippen molar-refractivity contribution in [1.82, 2.24) is 15.5 Å². The Morgan fingerprint density at radius 1 is 1.03 bits per heavy atom. The molecule has 39 heavy (non-hydrogen) atoms. The molecule has 218 valence electrons. The maximum Gasteiger partial charge on any atom is 0.254 e. The van der Waals surface area contributed by atoms with Gasteiger partial charge in [0.05, 0.1) is 18.8 Å². The number of hydrogen-bond donors (Lipinski definition) is 3. The minimum atomic E-state index is -0.743. The van der Waals surface area contributed by atoms with E-state index >= 15 is 0 Å². The molecule has 1 aliphatic carbocycles. The van der Waals surface area contributed by atoms with E-state index < -0.39 is 12.1 Å². The molecule has 4 atom stereocenters. The zero-order valence-electron chi connectivity index (χ0n) is 24.9. The quantitative estimate of drug-likeness (QED) is 0.447. The highest BCUT2D eigenvalue weighted by Gasteiger charge is 2.37. The summed E-state index contributed by atoms with van der Waals surface area (Å²) in [6, 6.07) is 3.23. The Hall–Kier alpha value is -2.12. The fourth-order valence-corrected chi connectivity index (χ4v) is 6.70. The molecule has 4 rings (SSSR count). The third-order valence-electron chi connectivity index (χ3n) is 9.46. The van der Waals surface area contributed by atoms with Crippen LogP contribution in [0.4, 0.5) is 0 Å². The molecule has 2 aliphatic heterocycles. The van der Waals surface area contributed by atoms with Crippen LogP contribution >= 0.6 is 0 Å². The lowest BCUT2D eigenvalue weighted by atomic mass is 9.84. The van der Waals surface area contributed by atoms with E-state index in [0.717, 1.165) is 37.8 Å². The highest BCUT2D eigenvalue weighted by molar-refractivity contribution is 6.02.